The Balaban J connectivity index is 1.26. The van der Waals surface area contributed by atoms with E-state index in [1.807, 2.05) is 24.1 Å². The lowest BCUT2D eigenvalue weighted by molar-refractivity contribution is 0.0672. The molecule has 6 nitrogen and oxygen atoms in total. The number of aromatic nitrogens is 3. The van der Waals surface area contributed by atoms with Crippen LogP contribution in [0, 0.1) is 12.3 Å². The summed E-state index contributed by atoms with van der Waals surface area (Å²) in [5.41, 5.74) is 2.31. The van der Waals surface area contributed by atoms with Gasteiger partial charge in [-0.3, -0.25) is 4.79 Å². The van der Waals surface area contributed by atoms with Gasteiger partial charge in [0, 0.05) is 37.8 Å². The molecular weight excluding hydrogens is 304 g/mol. The van der Waals surface area contributed by atoms with Crippen LogP contribution in [0.25, 0.3) is 0 Å². The molecule has 2 saturated carbocycles. The monoisotopic (exact) mass is 326 g/mol. The van der Waals surface area contributed by atoms with Gasteiger partial charge in [-0.05, 0) is 49.5 Å². The molecule has 1 atom stereocenters. The second-order valence-electron chi connectivity index (χ2n) is 7.65. The molecule has 0 bridgehead atoms. The zero-order chi connectivity index (χ0) is 16.3. The Morgan fingerprint density at radius 3 is 2.79 bits per heavy atom. The van der Waals surface area contributed by atoms with Crippen LogP contribution >= 0.6 is 0 Å². The van der Waals surface area contributed by atoms with E-state index in [1.165, 1.54) is 12.8 Å². The lowest BCUT2D eigenvalue weighted by Crippen LogP contribution is -2.39. The van der Waals surface area contributed by atoms with Gasteiger partial charge in [0.1, 0.15) is 0 Å². The van der Waals surface area contributed by atoms with E-state index in [4.69, 9.17) is 4.42 Å². The van der Waals surface area contributed by atoms with Crippen molar-refractivity contribution in [2.75, 3.05) is 13.1 Å². The third kappa shape index (κ3) is 2.19. The fourth-order valence-corrected chi connectivity index (χ4v) is 4.31. The first-order chi connectivity index (χ1) is 11.7. The number of amides is 1. The van der Waals surface area contributed by atoms with Crippen molar-refractivity contribution in [1.82, 2.24) is 20.1 Å². The summed E-state index contributed by atoms with van der Waals surface area (Å²) in [5, 5.41) is 8.14. The van der Waals surface area contributed by atoms with Gasteiger partial charge in [-0.1, -0.05) is 0 Å². The van der Waals surface area contributed by atoms with Gasteiger partial charge in [-0.25, -0.2) is 0 Å². The molecule has 126 valence electrons. The van der Waals surface area contributed by atoms with Crippen molar-refractivity contribution in [2.24, 2.45) is 5.41 Å². The highest BCUT2D eigenvalue weighted by atomic mass is 16.4. The SMILES string of the molecule is Cc1nnc(C2CC23CCN(C(=O)c2cc[nH]c2C2CC2)CC3)o1. The van der Waals surface area contributed by atoms with Gasteiger partial charge in [-0.2, -0.15) is 0 Å². The first-order valence-corrected chi connectivity index (χ1v) is 8.93. The summed E-state index contributed by atoms with van der Waals surface area (Å²) >= 11 is 0. The number of likely N-dealkylation sites (tertiary alicyclic amines) is 1. The lowest BCUT2D eigenvalue weighted by Gasteiger charge is -2.32. The van der Waals surface area contributed by atoms with Crippen LogP contribution in [-0.4, -0.2) is 39.1 Å². The first-order valence-electron chi connectivity index (χ1n) is 8.93. The van der Waals surface area contributed by atoms with E-state index >= 15 is 0 Å². The highest BCUT2D eigenvalue weighted by molar-refractivity contribution is 5.95. The fourth-order valence-electron chi connectivity index (χ4n) is 4.31. The molecule has 3 aliphatic rings. The van der Waals surface area contributed by atoms with Crippen LogP contribution in [0.15, 0.2) is 16.7 Å². The van der Waals surface area contributed by atoms with Gasteiger partial charge in [-0.15, -0.1) is 10.2 Å². The Hall–Kier alpha value is -2.11. The van der Waals surface area contributed by atoms with Gasteiger partial charge < -0.3 is 14.3 Å². The molecule has 1 amide bonds. The van der Waals surface area contributed by atoms with Gasteiger partial charge in [0.05, 0.1) is 5.56 Å². The van der Waals surface area contributed by atoms with Gasteiger partial charge in [0.15, 0.2) is 0 Å². The zero-order valence-electron chi connectivity index (χ0n) is 13.9. The standard InChI is InChI=1S/C18H22N4O2/c1-11-20-21-16(24-11)14-10-18(14)5-8-22(9-6-18)17(23)13-4-7-19-15(13)12-2-3-12/h4,7,12,14,19H,2-3,5-6,8-10H2,1H3. The number of nitrogens with one attached hydrogen (secondary N) is 1. The van der Waals surface area contributed by atoms with Crippen LogP contribution in [0.5, 0.6) is 0 Å². The third-order valence-electron chi connectivity index (χ3n) is 6.07. The smallest absolute Gasteiger partial charge is 0.255 e. The largest absolute Gasteiger partial charge is 0.425 e. The van der Waals surface area contributed by atoms with Crippen molar-refractivity contribution in [3.8, 4) is 0 Å². The van der Waals surface area contributed by atoms with Crippen molar-refractivity contribution in [1.29, 1.82) is 0 Å². The van der Waals surface area contributed by atoms with Crippen LogP contribution in [0.2, 0.25) is 0 Å². The molecule has 0 radical (unpaired) electrons. The predicted octanol–water partition coefficient (Wildman–Crippen LogP) is 2.99. The Morgan fingerprint density at radius 2 is 2.12 bits per heavy atom. The van der Waals surface area contributed by atoms with Gasteiger partial charge in [0.25, 0.3) is 5.91 Å². The van der Waals surface area contributed by atoms with Gasteiger partial charge >= 0.3 is 0 Å². The van der Waals surface area contributed by atoms with Crippen LogP contribution in [0.4, 0.5) is 0 Å². The number of piperidine rings is 1. The first kappa shape index (κ1) is 14.3. The number of hydrogen-bond acceptors (Lipinski definition) is 4. The Kier molecular flexibility index (Phi) is 2.94. The van der Waals surface area contributed by atoms with Crippen LogP contribution in [-0.2, 0) is 0 Å². The number of H-pyrrole nitrogens is 1. The predicted molar refractivity (Wildman–Crippen MR) is 86.7 cm³/mol. The second-order valence-corrected chi connectivity index (χ2v) is 7.65. The van der Waals surface area contributed by atoms with Crippen molar-refractivity contribution in [2.45, 2.75) is 50.9 Å². The van der Waals surface area contributed by atoms with E-state index in [1.54, 1.807) is 0 Å². The molecule has 5 rings (SSSR count). The number of carbonyl (C=O) groups is 1. The van der Waals surface area contributed by atoms with Crippen molar-refractivity contribution in [3.05, 3.63) is 35.3 Å². The minimum Gasteiger partial charge on any atom is -0.425 e. The lowest BCUT2D eigenvalue weighted by atomic mass is 9.90. The van der Waals surface area contributed by atoms with Crippen LogP contribution < -0.4 is 0 Å². The minimum absolute atomic E-state index is 0.193. The summed E-state index contributed by atoms with van der Waals surface area (Å²) in [6, 6.07) is 1.95. The van der Waals surface area contributed by atoms with Crippen molar-refractivity contribution < 1.29 is 9.21 Å². The summed E-state index contributed by atoms with van der Waals surface area (Å²) in [6.07, 6.45) is 7.50. The fraction of sp³-hybridized carbons (Fsp3) is 0.611. The summed E-state index contributed by atoms with van der Waals surface area (Å²) in [5.74, 6) is 2.58. The maximum atomic E-state index is 12.9. The van der Waals surface area contributed by atoms with E-state index in [0.717, 1.165) is 49.5 Å². The molecule has 2 aliphatic carbocycles. The highest BCUT2D eigenvalue weighted by Crippen LogP contribution is 2.64. The quantitative estimate of drug-likeness (QED) is 0.941. The highest BCUT2D eigenvalue weighted by Gasteiger charge is 2.58. The summed E-state index contributed by atoms with van der Waals surface area (Å²) in [7, 11) is 0. The molecule has 1 N–H and O–H groups in total. The summed E-state index contributed by atoms with van der Waals surface area (Å²) in [4.78, 5) is 18.2. The Morgan fingerprint density at radius 1 is 1.33 bits per heavy atom. The number of hydrogen-bond donors (Lipinski definition) is 1. The molecule has 1 spiro atoms. The second kappa shape index (κ2) is 4.94. The average Bonchev–Trinajstić information content (AvgIpc) is 3.45. The Labute approximate surface area is 140 Å². The number of rotatable bonds is 3. The molecule has 24 heavy (non-hydrogen) atoms. The maximum absolute atomic E-state index is 12.9. The molecule has 3 heterocycles. The number of carbonyl (C=O) groups excluding carboxylic acids is 1. The molecule has 2 aromatic heterocycles. The molecule has 1 saturated heterocycles. The topological polar surface area (TPSA) is 75.0 Å². The van der Waals surface area contributed by atoms with E-state index in [9.17, 15) is 4.79 Å². The molecule has 1 aliphatic heterocycles. The van der Waals surface area contributed by atoms with E-state index in [-0.39, 0.29) is 11.3 Å². The zero-order valence-corrected chi connectivity index (χ0v) is 13.9. The number of nitrogens with zero attached hydrogens (tertiary/aromatic N) is 3. The van der Waals surface area contributed by atoms with Crippen molar-refractivity contribution >= 4 is 5.91 Å². The molecule has 6 heteroatoms. The molecule has 1 unspecified atom stereocenters. The van der Waals surface area contributed by atoms with Gasteiger partial charge in [0.2, 0.25) is 11.8 Å². The van der Waals surface area contributed by atoms with Crippen LogP contribution in [0.3, 0.4) is 0 Å². The summed E-state index contributed by atoms with van der Waals surface area (Å²) in [6.45, 7) is 3.50. The number of aryl methyl sites for hydroxylation is 1. The minimum atomic E-state index is 0.193. The molecular formula is C18H22N4O2. The number of aromatic amines is 1. The molecule has 3 fully saturated rings. The van der Waals surface area contributed by atoms with E-state index in [0.29, 0.717) is 17.7 Å². The normalized spacial score (nSPS) is 25.2. The van der Waals surface area contributed by atoms with E-state index < -0.39 is 0 Å². The third-order valence-corrected chi connectivity index (χ3v) is 6.07. The maximum Gasteiger partial charge on any atom is 0.255 e. The Bertz CT molecular complexity index is 781. The average molecular weight is 326 g/mol. The molecule has 2 aromatic rings. The van der Waals surface area contributed by atoms with Crippen molar-refractivity contribution in [3.63, 3.8) is 0 Å². The van der Waals surface area contributed by atoms with E-state index in [2.05, 4.69) is 15.2 Å². The molecule has 0 aromatic carbocycles. The summed E-state index contributed by atoms with van der Waals surface area (Å²) < 4.78 is 5.61. The van der Waals surface area contributed by atoms with Crippen LogP contribution in [0.1, 0.15) is 71.8 Å².